The van der Waals surface area contributed by atoms with Gasteiger partial charge in [-0.25, -0.2) is 9.79 Å². The molecule has 2 heterocycles. The summed E-state index contributed by atoms with van der Waals surface area (Å²) in [5, 5.41) is 10.9. The highest BCUT2D eigenvalue weighted by atomic mass is 32.1. The summed E-state index contributed by atoms with van der Waals surface area (Å²) in [5.41, 5.74) is 2.69. The van der Waals surface area contributed by atoms with E-state index in [1.165, 1.54) is 28.0 Å². The van der Waals surface area contributed by atoms with Crippen LogP contribution in [0, 0.1) is 10.1 Å². The van der Waals surface area contributed by atoms with E-state index in [2.05, 4.69) is 4.99 Å². The molecule has 3 aromatic carbocycles. The van der Waals surface area contributed by atoms with Crippen molar-refractivity contribution in [3.8, 4) is 17.2 Å². The third kappa shape index (κ3) is 6.86. The number of esters is 1. The van der Waals surface area contributed by atoms with Crippen molar-refractivity contribution in [2.75, 3.05) is 19.8 Å². The molecule has 11 nitrogen and oxygen atoms in total. The Hall–Kier alpha value is -5.23. The number of thiazole rings is 1. The van der Waals surface area contributed by atoms with Gasteiger partial charge in [-0.15, -0.1) is 0 Å². The number of hydrogen-bond acceptors (Lipinski definition) is 10. The molecule has 0 saturated heterocycles. The second kappa shape index (κ2) is 14.2. The van der Waals surface area contributed by atoms with Crippen molar-refractivity contribution in [1.29, 1.82) is 0 Å². The van der Waals surface area contributed by atoms with Crippen molar-refractivity contribution >= 4 is 29.1 Å². The Labute approximate surface area is 268 Å². The quantitative estimate of drug-likeness (QED) is 0.119. The van der Waals surface area contributed by atoms with Crippen molar-refractivity contribution in [3.63, 3.8) is 0 Å². The van der Waals surface area contributed by atoms with Crippen molar-refractivity contribution in [2.45, 2.75) is 40.3 Å². The van der Waals surface area contributed by atoms with Crippen LogP contribution in [0.4, 0.5) is 5.69 Å². The monoisotopic (exact) mass is 643 g/mol. The van der Waals surface area contributed by atoms with Gasteiger partial charge in [0.05, 0.1) is 46.6 Å². The highest BCUT2D eigenvalue weighted by molar-refractivity contribution is 7.07. The lowest BCUT2D eigenvalue weighted by Gasteiger charge is -2.24. The molecule has 1 atom stereocenters. The fraction of sp³-hybridized carbons (Fsp3) is 0.265. The van der Waals surface area contributed by atoms with Crippen LogP contribution < -0.4 is 29.1 Å². The molecule has 0 bridgehead atoms. The van der Waals surface area contributed by atoms with E-state index in [4.69, 9.17) is 18.9 Å². The number of fused-ring (bicyclic) bond motifs is 1. The number of non-ortho nitro benzene ring substituents is 1. The number of ether oxygens (including phenoxy) is 4. The number of aromatic nitrogens is 1. The van der Waals surface area contributed by atoms with E-state index in [-0.39, 0.29) is 24.5 Å². The highest BCUT2D eigenvalue weighted by Crippen LogP contribution is 2.32. The van der Waals surface area contributed by atoms with Gasteiger partial charge in [-0.1, -0.05) is 29.5 Å². The minimum absolute atomic E-state index is 0.00599. The smallest absolute Gasteiger partial charge is 0.338 e. The molecular formula is C34H33N3O8S. The number of nitro groups is 1. The molecule has 0 amide bonds. The van der Waals surface area contributed by atoms with Crippen molar-refractivity contribution in [1.82, 2.24) is 4.57 Å². The molecular weight excluding hydrogens is 610 g/mol. The lowest BCUT2D eigenvalue weighted by atomic mass is 9.96. The Morgan fingerprint density at radius 3 is 2.33 bits per heavy atom. The average Bonchev–Trinajstić information content (AvgIpc) is 3.34. The first-order chi connectivity index (χ1) is 22.2. The summed E-state index contributed by atoms with van der Waals surface area (Å²) in [6.45, 7) is 8.50. The van der Waals surface area contributed by atoms with Crippen LogP contribution in [-0.4, -0.2) is 35.3 Å². The molecule has 12 heteroatoms. The van der Waals surface area contributed by atoms with Gasteiger partial charge in [-0.3, -0.25) is 19.5 Å². The SMILES string of the molecule is CCOC(=O)C1=C(C)N=c2s/c(=C\c3ccc(OCc4ccc([N+](=O)[O-])cc4)c(OCC)c3)c(=O)n2[C@H]1c1ccc(OCC)cc1. The number of nitro benzene ring substituents is 1. The highest BCUT2D eigenvalue weighted by Gasteiger charge is 2.33. The maximum absolute atomic E-state index is 14.0. The van der Waals surface area contributed by atoms with E-state index in [9.17, 15) is 19.7 Å². The lowest BCUT2D eigenvalue weighted by Crippen LogP contribution is -2.39. The van der Waals surface area contributed by atoms with Gasteiger partial charge in [-0.2, -0.15) is 0 Å². The molecule has 0 N–H and O–H groups in total. The molecule has 0 aliphatic carbocycles. The van der Waals surface area contributed by atoms with E-state index in [1.54, 1.807) is 44.2 Å². The van der Waals surface area contributed by atoms with Crippen LogP contribution in [0.1, 0.15) is 50.4 Å². The topological polar surface area (TPSA) is 131 Å². The van der Waals surface area contributed by atoms with Gasteiger partial charge in [0.1, 0.15) is 12.4 Å². The first-order valence-electron chi connectivity index (χ1n) is 14.8. The van der Waals surface area contributed by atoms with Crippen molar-refractivity contribution < 1.29 is 28.7 Å². The summed E-state index contributed by atoms with van der Waals surface area (Å²) in [7, 11) is 0. The molecule has 0 fully saturated rings. The Balaban J connectivity index is 1.51. The van der Waals surface area contributed by atoms with E-state index < -0.39 is 16.9 Å². The van der Waals surface area contributed by atoms with E-state index >= 15 is 0 Å². The molecule has 0 radical (unpaired) electrons. The van der Waals surface area contributed by atoms with Gasteiger partial charge >= 0.3 is 5.97 Å². The number of allylic oxidation sites excluding steroid dienone is 1. The van der Waals surface area contributed by atoms with Crippen LogP contribution in [0.3, 0.4) is 0 Å². The second-order valence-corrected chi connectivity index (χ2v) is 11.2. The number of nitrogens with zero attached hydrogens (tertiary/aromatic N) is 3. The summed E-state index contributed by atoms with van der Waals surface area (Å²) in [6, 6.07) is 18.1. The summed E-state index contributed by atoms with van der Waals surface area (Å²) in [6.07, 6.45) is 1.76. The molecule has 0 unspecified atom stereocenters. The van der Waals surface area contributed by atoms with Crippen LogP contribution in [0.25, 0.3) is 6.08 Å². The predicted octanol–water partition coefficient (Wildman–Crippen LogP) is 5.08. The first kappa shape index (κ1) is 32.2. The third-order valence-corrected chi connectivity index (χ3v) is 8.11. The van der Waals surface area contributed by atoms with Gasteiger partial charge in [0.15, 0.2) is 16.3 Å². The largest absolute Gasteiger partial charge is 0.494 e. The lowest BCUT2D eigenvalue weighted by molar-refractivity contribution is -0.384. The number of benzene rings is 3. The Morgan fingerprint density at radius 1 is 0.957 bits per heavy atom. The molecule has 5 rings (SSSR count). The minimum Gasteiger partial charge on any atom is -0.494 e. The van der Waals surface area contributed by atoms with Crippen LogP contribution in [0.2, 0.25) is 0 Å². The molecule has 1 aliphatic heterocycles. The number of hydrogen-bond donors (Lipinski definition) is 0. The van der Waals surface area contributed by atoms with Crippen molar-refractivity contribution in [3.05, 3.63) is 124 Å². The molecule has 4 aromatic rings. The summed E-state index contributed by atoms with van der Waals surface area (Å²) in [4.78, 5) is 42.8. The number of carbonyl (C=O) groups excluding carboxylic acids is 1. The third-order valence-electron chi connectivity index (χ3n) is 7.13. The van der Waals surface area contributed by atoms with Crippen molar-refractivity contribution in [2.24, 2.45) is 4.99 Å². The van der Waals surface area contributed by atoms with E-state index in [0.29, 0.717) is 56.6 Å². The van der Waals surface area contributed by atoms with Crippen LogP contribution >= 0.6 is 11.3 Å². The standard InChI is InChI=1S/C34H33N3O8S/c1-5-42-26-15-11-24(12-16-26)31-30(33(39)44-7-3)21(4)35-34-36(31)32(38)29(46-34)19-23-10-17-27(28(18-23)43-6-2)45-20-22-8-13-25(14-9-22)37(40)41/h8-19,31H,5-7,20H2,1-4H3/b29-19-/t31-/m0/s1. The zero-order valence-electron chi connectivity index (χ0n) is 25.8. The molecule has 1 aliphatic rings. The summed E-state index contributed by atoms with van der Waals surface area (Å²) < 4.78 is 24.8. The van der Waals surface area contributed by atoms with Crippen LogP contribution in [-0.2, 0) is 16.1 Å². The van der Waals surface area contributed by atoms with E-state index in [0.717, 1.165) is 11.1 Å². The van der Waals surface area contributed by atoms with E-state index in [1.807, 2.05) is 44.2 Å². The number of rotatable bonds is 12. The van der Waals surface area contributed by atoms with Gasteiger partial charge in [-0.05, 0) is 86.9 Å². The maximum Gasteiger partial charge on any atom is 0.338 e. The zero-order chi connectivity index (χ0) is 32.8. The molecule has 0 spiro atoms. The maximum atomic E-state index is 14.0. The Morgan fingerprint density at radius 2 is 1.67 bits per heavy atom. The fourth-order valence-corrected chi connectivity index (χ4v) is 6.09. The fourth-order valence-electron chi connectivity index (χ4n) is 5.05. The molecule has 0 saturated carbocycles. The van der Waals surface area contributed by atoms with Crippen LogP contribution in [0.15, 0.2) is 87.8 Å². The average molecular weight is 644 g/mol. The van der Waals surface area contributed by atoms with Gasteiger partial charge in [0.25, 0.3) is 11.2 Å². The Kier molecular flexibility index (Phi) is 9.97. The normalized spacial score (nSPS) is 14.3. The van der Waals surface area contributed by atoms with Crippen LogP contribution in [0.5, 0.6) is 17.2 Å². The molecule has 238 valence electrons. The Bertz CT molecular complexity index is 1960. The summed E-state index contributed by atoms with van der Waals surface area (Å²) in [5.74, 6) is 1.13. The second-order valence-electron chi connectivity index (χ2n) is 10.2. The first-order valence-corrected chi connectivity index (χ1v) is 15.6. The number of carbonyl (C=O) groups is 1. The minimum atomic E-state index is -0.734. The molecule has 46 heavy (non-hydrogen) atoms. The predicted molar refractivity (Wildman–Crippen MR) is 173 cm³/mol. The summed E-state index contributed by atoms with van der Waals surface area (Å²) >= 11 is 1.23. The van der Waals surface area contributed by atoms with Gasteiger partial charge < -0.3 is 18.9 Å². The van der Waals surface area contributed by atoms with Gasteiger partial charge in [0, 0.05) is 12.1 Å². The molecule has 1 aromatic heterocycles. The zero-order valence-corrected chi connectivity index (χ0v) is 26.7. The van der Waals surface area contributed by atoms with Gasteiger partial charge in [0.2, 0.25) is 0 Å².